The first kappa shape index (κ1) is 14.3. The maximum atomic E-state index is 12.0. The van der Waals surface area contributed by atoms with Gasteiger partial charge in [-0.15, -0.1) is 0 Å². The number of aliphatic carboxylic acids is 1. The van der Waals surface area contributed by atoms with Crippen molar-refractivity contribution >= 4 is 39.4 Å². The van der Waals surface area contributed by atoms with Crippen molar-refractivity contribution in [3.63, 3.8) is 0 Å². The third-order valence-corrected chi connectivity index (χ3v) is 4.53. The molecule has 0 radical (unpaired) electrons. The summed E-state index contributed by atoms with van der Waals surface area (Å²) < 4.78 is 0.734. The maximum Gasteiger partial charge on any atom is 0.306 e. The second-order valence-electron chi connectivity index (χ2n) is 4.65. The van der Waals surface area contributed by atoms with Gasteiger partial charge >= 0.3 is 5.97 Å². The second kappa shape index (κ2) is 5.92. The first-order valence-corrected chi connectivity index (χ1v) is 7.13. The first-order valence-electron chi connectivity index (χ1n) is 5.96. The standard InChI is InChI=1S/C13H13BrClNO3/c14-10-4-2-7(6-11(10)15)12(17)16-9-3-1-8(5-9)13(18)19/h2,4,6,8-9H,1,3,5H2,(H,16,17)(H,18,19)/t8-,9+/m1/s1. The van der Waals surface area contributed by atoms with Crippen molar-refractivity contribution < 1.29 is 14.7 Å². The quantitative estimate of drug-likeness (QED) is 0.884. The third-order valence-electron chi connectivity index (χ3n) is 3.30. The summed E-state index contributed by atoms with van der Waals surface area (Å²) in [6, 6.07) is 4.90. The van der Waals surface area contributed by atoms with Crippen LogP contribution in [-0.4, -0.2) is 23.0 Å². The van der Waals surface area contributed by atoms with Crippen molar-refractivity contribution in [3.8, 4) is 0 Å². The van der Waals surface area contributed by atoms with Gasteiger partial charge < -0.3 is 10.4 Å². The van der Waals surface area contributed by atoms with Crippen LogP contribution in [0.2, 0.25) is 5.02 Å². The molecule has 1 amide bonds. The number of carbonyl (C=O) groups is 2. The molecular weight excluding hydrogens is 334 g/mol. The molecule has 1 aromatic carbocycles. The van der Waals surface area contributed by atoms with Crippen LogP contribution in [0.3, 0.4) is 0 Å². The van der Waals surface area contributed by atoms with E-state index < -0.39 is 5.97 Å². The van der Waals surface area contributed by atoms with Gasteiger partial charge in [0.2, 0.25) is 0 Å². The SMILES string of the molecule is O=C(N[C@H]1CC[C@@H](C(=O)O)C1)c1ccc(Br)c(Cl)c1. The van der Waals surface area contributed by atoms with Gasteiger partial charge in [-0.25, -0.2) is 0 Å². The van der Waals surface area contributed by atoms with Gasteiger partial charge in [-0.2, -0.15) is 0 Å². The molecule has 0 unspecified atom stereocenters. The van der Waals surface area contributed by atoms with Crippen LogP contribution in [0, 0.1) is 5.92 Å². The highest BCUT2D eigenvalue weighted by Gasteiger charge is 2.30. The summed E-state index contributed by atoms with van der Waals surface area (Å²) in [7, 11) is 0. The minimum atomic E-state index is -0.788. The lowest BCUT2D eigenvalue weighted by molar-refractivity contribution is -0.141. The van der Waals surface area contributed by atoms with Gasteiger partial charge in [0.1, 0.15) is 0 Å². The lowest BCUT2D eigenvalue weighted by Crippen LogP contribution is -2.33. The fraction of sp³-hybridized carbons (Fsp3) is 0.385. The lowest BCUT2D eigenvalue weighted by atomic mass is 10.1. The molecule has 0 saturated heterocycles. The summed E-state index contributed by atoms with van der Waals surface area (Å²) in [5, 5.41) is 12.2. The molecule has 4 nitrogen and oxygen atoms in total. The molecule has 1 saturated carbocycles. The van der Waals surface area contributed by atoms with E-state index >= 15 is 0 Å². The van der Waals surface area contributed by atoms with Crippen LogP contribution in [0.1, 0.15) is 29.6 Å². The Morgan fingerprint density at radius 2 is 2.11 bits per heavy atom. The van der Waals surface area contributed by atoms with E-state index in [4.69, 9.17) is 16.7 Å². The Balaban J connectivity index is 1.98. The molecule has 0 spiro atoms. The number of halogens is 2. The zero-order valence-corrected chi connectivity index (χ0v) is 12.4. The van der Waals surface area contributed by atoms with Gasteiger partial charge in [0.25, 0.3) is 5.91 Å². The monoisotopic (exact) mass is 345 g/mol. The Hall–Kier alpha value is -1.07. The van der Waals surface area contributed by atoms with Crippen LogP contribution < -0.4 is 5.32 Å². The number of hydrogen-bond acceptors (Lipinski definition) is 2. The van der Waals surface area contributed by atoms with Crippen molar-refractivity contribution in [3.05, 3.63) is 33.3 Å². The highest BCUT2D eigenvalue weighted by molar-refractivity contribution is 9.10. The van der Waals surface area contributed by atoms with E-state index in [-0.39, 0.29) is 17.9 Å². The molecule has 2 rings (SSSR count). The largest absolute Gasteiger partial charge is 0.481 e. The predicted octanol–water partition coefficient (Wildman–Crippen LogP) is 3.09. The minimum absolute atomic E-state index is 0.0731. The Kier molecular flexibility index (Phi) is 4.47. The molecule has 19 heavy (non-hydrogen) atoms. The van der Waals surface area contributed by atoms with E-state index in [1.165, 1.54) is 0 Å². The highest BCUT2D eigenvalue weighted by Crippen LogP contribution is 2.27. The van der Waals surface area contributed by atoms with E-state index in [2.05, 4.69) is 21.2 Å². The van der Waals surface area contributed by atoms with Crippen molar-refractivity contribution in [1.82, 2.24) is 5.32 Å². The Bertz CT molecular complexity index is 521. The number of carbonyl (C=O) groups excluding carboxylic acids is 1. The molecule has 1 aromatic rings. The fourth-order valence-corrected chi connectivity index (χ4v) is 2.67. The van der Waals surface area contributed by atoms with Gasteiger partial charge in [0.05, 0.1) is 10.9 Å². The predicted molar refractivity (Wildman–Crippen MR) is 75.4 cm³/mol. The highest BCUT2D eigenvalue weighted by atomic mass is 79.9. The zero-order valence-electron chi connectivity index (χ0n) is 10.0. The summed E-state index contributed by atoms with van der Waals surface area (Å²) in [5.41, 5.74) is 0.479. The molecule has 0 heterocycles. The molecule has 2 atom stereocenters. The second-order valence-corrected chi connectivity index (χ2v) is 5.91. The molecule has 0 bridgehead atoms. The number of carboxylic acid groups (broad SMARTS) is 1. The van der Waals surface area contributed by atoms with Gasteiger partial charge in [-0.05, 0) is 53.4 Å². The maximum absolute atomic E-state index is 12.0. The summed E-state index contributed by atoms with van der Waals surface area (Å²) in [6.45, 7) is 0. The Labute approximate surface area is 124 Å². The molecule has 102 valence electrons. The van der Waals surface area contributed by atoms with Crippen LogP contribution in [-0.2, 0) is 4.79 Å². The molecule has 1 aliphatic rings. The van der Waals surface area contributed by atoms with Crippen LogP contribution in [0.15, 0.2) is 22.7 Å². The lowest BCUT2D eigenvalue weighted by Gasteiger charge is -2.12. The van der Waals surface area contributed by atoms with E-state index in [1.807, 2.05) is 0 Å². The number of rotatable bonds is 3. The van der Waals surface area contributed by atoms with Gasteiger partial charge in [0.15, 0.2) is 0 Å². The van der Waals surface area contributed by atoms with E-state index in [9.17, 15) is 9.59 Å². The molecule has 6 heteroatoms. The van der Waals surface area contributed by atoms with Crippen molar-refractivity contribution in [2.75, 3.05) is 0 Å². The van der Waals surface area contributed by atoms with Crippen LogP contribution >= 0.6 is 27.5 Å². The average Bonchev–Trinajstić information content (AvgIpc) is 2.81. The summed E-state index contributed by atoms with van der Waals surface area (Å²) in [4.78, 5) is 22.9. The van der Waals surface area contributed by atoms with E-state index in [0.29, 0.717) is 29.8 Å². The third kappa shape index (κ3) is 3.48. The van der Waals surface area contributed by atoms with Gasteiger partial charge in [-0.1, -0.05) is 11.6 Å². The molecule has 0 aliphatic heterocycles. The molecule has 0 aromatic heterocycles. The fourth-order valence-electron chi connectivity index (χ4n) is 2.24. The minimum Gasteiger partial charge on any atom is -0.481 e. The number of carboxylic acids is 1. The van der Waals surface area contributed by atoms with E-state index in [1.54, 1.807) is 18.2 Å². The number of benzene rings is 1. The molecule has 2 N–H and O–H groups in total. The van der Waals surface area contributed by atoms with Gasteiger partial charge in [-0.3, -0.25) is 9.59 Å². The number of amides is 1. The topological polar surface area (TPSA) is 66.4 Å². The van der Waals surface area contributed by atoms with Crippen LogP contribution in [0.5, 0.6) is 0 Å². The molecule has 1 fully saturated rings. The number of nitrogens with one attached hydrogen (secondary N) is 1. The first-order chi connectivity index (χ1) is 8.97. The molecular formula is C13H13BrClNO3. The smallest absolute Gasteiger partial charge is 0.306 e. The van der Waals surface area contributed by atoms with Crippen molar-refractivity contribution in [2.45, 2.75) is 25.3 Å². The molecule has 1 aliphatic carbocycles. The van der Waals surface area contributed by atoms with Crippen LogP contribution in [0.25, 0.3) is 0 Å². The summed E-state index contributed by atoms with van der Waals surface area (Å²) in [6.07, 6.45) is 1.81. The Morgan fingerprint density at radius 3 is 2.68 bits per heavy atom. The van der Waals surface area contributed by atoms with Gasteiger partial charge in [0, 0.05) is 16.1 Å². The van der Waals surface area contributed by atoms with Crippen molar-refractivity contribution in [1.29, 1.82) is 0 Å². The van der Waals surface area contributed by atoms with E-state index in [0.717, 1.165) is 4.47 Å². The van der Waals surface area contributed by atoms with Crippen LogP contribution in [0.4, 0.5) is 0 Å². The summed E-state index contributed by atoms with van der Waals surface area (Å²) >= 11 is 9.20. The van der Waals surface area contributed by atoms with Crippen molar-refractivity contribution in [2.24, 2.45) is 5.92 Å². The zero-order chi connectivity index (χ0) is 14.0. The average molecular weight is 347 g/mol. The normalized spacial score (nSPS) is 22.2. The number of hydrogen-bond donors (Lipinski definition) is 2. The Morgan fingerprint density at radius 1 is 1.37 bits per heavy atom. The summed E-state index contributed by atoms with van der Waals surface area (Å²) in [5.74, 6) is -1.35.